The van der Waals surface area contributed by atoms with Crippen LogP contribution in [0.5, 0.6) is 0 Å². The Balaban J connectivity index is 2.08. The Hall–Kier alpha value is -2.62. The monoisotopic (exact) mass is 268 g/mol. The van der Waals surface area contributed by atoms with Gasteiger partial charge in [0.2, 0.25) is 0 Å². The molecule has 0 aliphatic rings. The molecule has 1 aromatic carbocycles. The highest BCUT2D eigenvalue weighted by Crippen LogP contribution is 2.13. The maximum absolute atomic E-state index is 11.9. The molecular formula is C16H16N2O2. The molecule has 0 atom stereocenters. The maximum atomic E-state index is 11.9. The highest BCUT2D eigenvalue weighted by Gasteiger charge is 2.02. The van der Waals surface area contributed by atoms with E-state index in [1.807, 2.05) is 43.3 Å². The number of hydrogen-bond acceptors (Lipinski definition) is 3. The smallest absolute Gasteiger partial charge is 0.186 e. The fourth-order valence-electron chi connectivity index (χ4n) is 1.73. The molecule has 4 nitrogen and oxygen atoms in total. The van der Waals surface area contributed by atoms with Crippen molar-refractivity contribution >= 4 is 17.5 Å². The highest BCUT2D eigenvalue weighted by atomic mass is 16.5. The van der Waals surface area contributed by atoms with Crippen molar-refractivity contribution in [1.29, 1.82) is 0 Å². The van der Waals surface area contributed by atoms with Gasteiger partial charge in [-0.1, -0.05) is 18.2 Å². The fourth-order valence-corrected chi connectivity index (χ4v) is 1.73. The van der Waals surface area contributed by atoms with E-state index in [0.29, 0.717) is 10.3 Å². The normalized spacial score (nSPS) is 10.7. The van der Waals surface area contributed by atoms with Gasteiger partial charge < -0.3 is 10.1 Å². The van der Waals surface area contributed by atoms with Crippen molar-refractivity contribution in [2.24, 2.45) is 0 Å². The zero-order valence-corrected chi connectivity index (χ0v) is 11.5. The van der Waals surface area contributed by atoms with Crippen LogP contribution >= 0.6 is 0 Å². The van der Waals surface area contributed by atoms with Crippen LogP contribution in [0.4, 0.5) is 5.69 Å². The Labute approximate surface area is 118 Å². The lowest BCUT2D eigenvalue weighted by Crippen LogP contribution is -2.24. The number of allylic oxidation sites excluding steroid dienone is 1. The van der Waals surface area contributed by atoms with Crippen molar-refractivity contribution in [3.05, 3.63) is 71.2 Å². The van der Waals surface area contributed by atoms with Gasteiger partial charge in [-0.3, -0.25) is 4.79 Å². The van der Waals surface area contributed by atoms with E-state index in [4.69, 9.17) is 0 Å². The number of carbonyl (C=O) groups excluding carboxylic acids is 1. The third-order valence-electron chi connectivity index (χ3n) is 2.92. The minimum Gasteiger partial charge on any atom is -0.619 e. The number of pyridine rings is 1. The quantitative estimate of drug-likeness (QED) is 0.370. The summed E-state index contributed by atoms with van der Waals surface area (Å²) < 4.78 is 0.653. The molecule has 1 heterocycles. The molecule has 0 unspecified atom stereocenters. The van der Waals surface area contributed by atoms with E-state index in [0.717, 1.165) is 11.3 Å². The molecule has 0 spiro atoms. The zero-order chi connectivity index (χ0) is 14.5. The summed E-state index contributed by atoms with van der Waals surface area (Å²) in [4.78, 5) is 13.9. The first-order chi connectivity index (χ1) is 9.56. The molecule has 0 fully saturated rings. The number of anilines is 1. The summed E-state index contributed by atoms with van der Waals surface area (Å²) in [6.07, 6.45) is 5.90. The molecule has 4 heteroatoms. The van der Waals surface area contributed by atoms with Crippen LogP contribution in [0.2, 0.25) is 0 Å². The minimum absolute atomic E-state index is 0.123. The summed E-state index contributed by atoms with van der Waals surface area (Å²) in [6.45, 7) is 0. The highest BCUT2D eigenvalue weighted by molar-refractivity contribution is 6.06. The summed E-state index contributed by atoms with van der Waals surface area (Å²) in [7, 11) is 3.96. The molecule has 0 saturated carbocycles. The number of ketones is 1. The SMILES string of the molecule is CN(C)c1ccc(C=CC(=O)c2cc[n+]([O-])cc2)cc1. The molecule has 0 bridgehead atoms. The molecule has 0 aliphatic heterocycles. The maximum Gasteiger partial charge on any atom is 0.186 e. The zero-order valence-electron chi connectivity index (χ0n) is 11.5. The van der Waals surface area contributed by atoms with Gasteiger partial charge >= 0.3 is 0 Å². The van der Waals surface area contributed by atoms with Gasteiger partial charge in [-0.15, -0.1) is 0 Å². The Morgan fingerprint density at radius 3 is 2.25 bits per heavy atom. The topological polar surface area (TPSA) is 47.2 Å². The standard InChI is InChI=1S/C16H16N2O2/c1-17(2)15-6-3-13(4-7-15)5-8-16(19)14-9-11-18(20)12-10-14/h3-12H,1-2H3. The molecule has 0 aliphatic carbocycles. The van der Waals surface area contributed by atoms with Crippen LogP contribution < -0.4 is 9.63 Å². The van der Waals surface area contributed by atoms with E-state index in [-0.39, 0.29) is 5.78 Å². The van der Waals surface area contributed by atoms with Crippen LogP contribution in [0.1, 0.15) is 15.9 Å². The van der Waals surface area contributed by atoms with Crippen LogP contribution in [-0.2, 0) is 0 Å². The fraction of sp³-hybridized carbons (Fsp3) is 0.125. The van der Waals surface area contributed by atoms with Crippen LogP contribution in [0.3, 0.4) is 0 Å². The molecule has 102 valence electrons. The predicted molar refractivity (Wildman–Crippen MR) is 79.5 cm³/mol. The van der Waals surface area contributed by atoms with E-state index >= 15 is 0 Å². The van der Waals surface area contributed by atoms with E-state index in [9.17, 15) is 10.0 Å². The summed E-state index contributed by atoms with van der Waals surface area (Å²) in [5.41, 5.74) is 2.56. The molecule has 0 N–H and O–H groups in total. The third-order valence-corrected chi connectivity index (χ3v) is 2.92. The lowest BCUT2D eigenvalue weighted by molar-refractivity contribution is -0.605. The second kappa shape index (κ2) is 6.02. The van der Waals surface area contributed by atoms with Gasteiger partial charge in [-0.25, -0.2) is 0 Å². The number of carbonyl (C=O) groups is 1. The van der Waals surface area contributed by atoms with Crippen LogP contribution in [0.25, 0.3) is 6.08 Å². The second-order valence-corrected chi connectivity index (χ2v) is 4.63. The molecular weight excluding hydrogens is 252 g/mol. The first kappa shape index (κ1) is 13.8. The summed E-state index contributed by atoms with van der Waals surface area (Å²) >= 11 is 0. The first-order valence-corrected chi connectivity index (χ1v) is 6.25. The van der Waals surface area contributed by atoms with Crippen LogP contribution in [0, 0.1) is 5.21 Å². The van der Waals surface area contributed by atoms with Crippen molar-refractivity contribution < 1.29 is 9.52 Å². The molecule has 20 heavy (non-hydrogen) atoms. The molecule has 1 aromatic heterocycles. The van der Waals surface area contributed by atoms with Gasteiger partial charge in [0, 0.05) is 37.5 Å². The second-order valence-electron chi connectivity index (χ2n) is 4.63. The molecule has 2 rings (SSSR count). The Morgan fingerprint density at radius 1 is 1.10 bits per heavy atom. The van der Waals surface area contributed by atoms with Crippen molar-refractivity contribution in [2.45, 2.75) is 0 Å². The van der Waals surface area contributed by atoms with Crippen molar-refractivity contribution in [1.82, 2.24) is 0 Å². The number of hydrogen-bond donors (Lipinski definition) is 0. The number of aromatic nitrogens is 1. The van der Waals surface area contributed by atoms with E-state index < -0.39 is 0 Å². The first-order valence-electron chi connectivity index (χ1n) is 6.25. The average Bonchev–Trinajstić information content (AvgIpc) is 2.46. The van der Waals surface area contributed by atoms with Crippen LogP contribution in [0.15, 0.2) is 54.9 Å². The van der Waals surface area contributed by atoms with E-state index in [1.54, 1.807) is 6.08 Å². The van der Waals surface area contributed by atoms with Crippen molar-refractivity contribution in [2.75, 3.05) is 19.0 Å². The molecule has 0 radical (unpaired) electrons. The average molecular weight is 268 g/mol. The largest absolute Gasteiger partial charge is 0.619 e. The van der Waals surface area contributed by atoms with Crippen molar-refractivity contribution in [3.8, 4) is 0 Å². The van der Waals surface area contributed by atoms with E-state index in [2.05, 4.69) is 0 Å². The predicted octanol–water partition coefficient (Wildman–Crippen LogP) is 2.28. The van der Waals surface area contributed by atoms with Gasteiger partial charge in [0.25, 0.3) is 0 Å². The Bertz CT molecular complexity index is 614. The molecule has 2 aromatic rings. The summed E-state index contributed by atoms with van der Waals surface area (Å²) in [6, 6.07) is 10.9. The van der Waals surface area contributed by atoms with Gasteiger partial charge in [0.1, 0.15) is 0 Å². The van der Waals surface area contributed by atoms with Gasteiger partial charge in [0.05, 0.1) is 0 Å². The van der Waals surface area contributed by atoms with Gasteiger partial charge in [-0.05, 0) is 23.8 Å². The molecule has 0 saturated heterocycles. The lowest BCUT2D eigenvalue weighted by Gasteiger charge is -2.11. The van der Waals surface area contributed by atoms with E-state index in [1.165, 1.54) is 30.6 Å². The number of nitrogens with zero attached hydrogens (tertiary/aromatic N) is 2. The Morgan fingerprint density at radius 2 is 1.70 bits per heavy atom. The number of benzene rings is 1. The van der Waals surface area contributed by atoms with Crippen LogP contribution in [-0.4, -0.2) is 19.9 Å². The number of rotatable bonds is 4. The lowest BCUT2D eigenvalue weighted by atomic mass is 10.1. The summed E-state index contributed by atoms with van der Waals surface area (Å²) in [5.74, 6) is -0.123. The third kappa shape index (κ3) is 3.45. The van der Waals surface area contributed by atoms with Gasteiger partial charge in [0.15, 0.2) is 18.2 Å². The summed E-state index contributed by atoms with van der Waals surface area (Å²) in [5, 5.41) is 10.9. The Kier molecular flexibility index (Phi) is 4.15. The van der Waals surface area contributed by atoms with Crippen molar-refractivity contribution in [3.63, 3.8) is 0 Å². The molecule has 0 amide bonds. The minimum atomic E-state index is -0.123. The van der Waals surface area contributed by atoms with Gasteiger partial charge in [-0.2, -0.15) is 4.73 Å².